The van der Waals surface area contributed by atoms with Crippen LogP contribution in [-0.2, 0) is 10.2 Å². The van der Waals surface area contributed by atoms with Crippen LogP contribution in [0.25, 0.3) is 11.4 Å². The lowest BCUT2D eigenvalue weighted by Gasteiger charge is -2.06. The predicted molar refractivity (Wildman–Crippen MR) is 93.3 cm³/mol. The second kappa shape index (κ2) is 7.56. The number of rotatable bonds is 8. The molecule has 2 heterocycles. The number of benzene rings is 1. The minimum atomic E-state index is -3.58. The van der Waals surface area contributed by atoms with Gasteiger partial charge < -0.3 is 9.26 Å². The van der Waals surface area contributed by atoms with Crippen molar-refractivity contribution in [1.29, 1.82) is 0 Å². The van der Waals surface area contributed by atoms with Gasteiger partial charge in [-0.1, -0.05) is 5.16 Å². The number of nitrogens with zero attached hydrogens (tertiary/aromatic N) is 4. The van der Waals surface area contributed by atoms with E-state index in [-0.39, 0.29) is 0 Å². The van der Waals surface area contributed by atoms with E-state index >= 15 is 0 Å². The molecule has 9 heteroatoms. The molecule has 132 valence electrons. The molecule has 0 fully saturated rings. The summed E-state index contributed by atoms with van der Waals surface area (Å²) >= 11 is 0. The van der Waals surface area contributed by atoms with Crippen molar-refractivity contribution in [2.75, 3.05) is 6.61 Å². The SMILES string of the molecule is Cc1nc(-c2ccc(OCCCCCC3=NS(=O)(=O)N=C3)cc2)no1. The van der Waals surface area contributed by atoms with Crippen molar-refractivity contribution >= 4 is 22.1 Å². The summed E-state index contributed by atoms with van der Waals surface area (Å²) in [5.41, 5.74) is 1.39. The van der Waals surface area contributed by atoms with Crippen LogP contribution in [0.1, 0.15) is 31.6 Å². The third-order valence-corrected chi connectivity index (χ3v) is 4.39. The number of hydrogen-bond acceptors (Lipinski definition) is 6. The number of hydrogen-bond donors (Lipinski definition) is 0. The molecule has 0 N–H and O–H groups in total. The van der Waals surface area contributed by atoms with Crippen molar-refractivity contribution in [3.63, 3.8) is 0 Å². The van der Waals surface area contributed by atoms with Crippen molar-refractivity contribution < 1.29 is 17.7 Å². The standard InChI is InChI=1S/C16H18N4O4S/c1-12-18-16(19-24-12)13-6-8-15(9-7-13)23-10-4-2-3-5-14-11-17-25(21,22)20-14/h6-9,11H,2-5,10H2,1H3. The van der Waals surface area contributed by atoms with Crippen LogP contribution in [0.5, 0.6) is 5.75 Å². The topological polar surface area (TPSA) is 107 Å². The molecular formula is C16H18N4O4S. The first kappa shape index (κ1) is 17.3. The summed E-state index contributed by atoms with van der Waals surface area (Å²) < 4.78 is 39.6. The van der Waals surface area contributed by atoms with Gasteiger partial charge >= 0.3 is 10.2 Å². The highest BCUT2D eigenvalue weighted by Gasteiger charge is 2.13. The Bertz CT molecular complexity index is 885. The largest absolute Gasteiger partial charge is 0.494 e. The van der Waals surface area contributed by atoms with Gasteiger partial charge in [-0.25, -0.2) is 0 Å². The van der Waals surface area contributed by atoms with Crippen LogP contribution >= 0.6 is 0 Å². The second-order valence-corrected chi connectivity index (χ2v) is 6.87. The molecule has 1 aromatic carbocycles. The van der Waals surface area contributed by atoms with E-state index in [2.05, 4.69) is 18.9 Å². The van der Waals surface area contributed by atoms with Gasteiger partial charge in [-0.2, -0.15) is 13.4 Å². The lowest BCUT2D eigenvalue weighted by molar-refractivity contribution is 0.306. The Morgan fingerprint density at radius 3 is 2.56 bits per heavy atom. The molecule has 0 unspecified atom stereocenters. The third kappa shape index (κ3) is 4.96. The van der Waals surface area contributed by atoms with Crippen molar-refractivity contribution in [3.8, 4) is 17.1 Å². The highest BCUT2D eigenvalue weighted by molar-refractivity contribution is 7.89. The Labute approximate surface area is 145 Å². The smallest absolute Gasteiger partial charge is 0.363 e. The Balaban J connectivity index is 1.36. The van der Waals surface area contributed by atoms with Crippen molar-refractivity contribution in [1.82, 2.24) is 10.1 Å². The van der Waals surface area contributed by atoms with Crippen molar-refractivity contribution in [3.05, 3.63) is 30.2 Å². The minimum absolute atomic E-state index is 0.521. The predicted octanol–water partition coefficient (Wildman–Crippen LogP) is 2.75. The molecule has 3 rings (SSSR count). The Morgan fingerprint density at radius 1 is 1.12 bits per heavy atom. The van der Waals surface area contributed by atoms with E-state index in [4.69, 9.17) is 9.26 Å². The molecule has 0 bridgehead atoms. The van der Waals surface area contributed by atoms with E-state index in [1.54, 1.807) is 6.92 Å². The summed E-state index contributed by atoms with van der Waals surface area (Å²) in [5, 5.41) is 3.87. The Kier molecular flexibility index (Phi) is 5.22. The van der Waals surface area contributed by atoms with Gasteiger partial charge in [-0.3, -0.25) is 0 Å². The van der Waals surface area contributed by atoms with E-state index in [0.717, 1.165) is 30.6 Å². The van der Waals surface area contributed by atoms with Gasteiger partial charge in [0.15, 0.2) is 0 Å². The third-order valence-electron chi connectivity index (χ3n) is 3.55. The number of ether oxygens (including phenoxy) is 1. The quantitative estimate of drug-likeness (QED) is 0.668. The summed E-state index contributed by atoms with van der Waals surface area (Å²) in [5.74, 6) is 1.87. The number of unbranched alkanes of at least 4 members (excludes halogenated alkanes) is 2. The van der Waals surface area contributed by atoms with Crippen LogP contribution in [0, 0.1) is 6.92 Å². The molecule has 0 aliphatic carbocycles. The molecule has 2 aromatic rings. The maximum atomic E-state index is 11.0. The van der Waals surface area contributed by atoms with Gasteiger partial charge in [-0.05, 0) is 49.9 Å². The van der Waals surface area contributed by atoms with Crippen molar-refractivity contribution in [2.24, 2.45) is 8.80 Å². The average molecular weight is 362 g/mol. The van der Waals surface area contributed by atoms with Crippen LogP contribution in [0.15, 0.2) is 37.6 Å². The highest BCUT2D eigenvalue weighted by Crippen LogP contribution is 2.20. The zero-order valence-corrected chi connectivity index (χ0v) is 14.6. The van der Waals surface area contributed by atoms with Crippen LogP contribution in [0.2, 0.25) is 0 Å². The summed E-state index contributed by atoms with van der Waals surface area (Å²) in [6.45, 7) is 2.35. The Hall–Kier alpha value is -2.55. The first-order valence-corrected chi connectivity index (χ1v) is 9.34. The first-order chi connectivity index (χ1) is 12.0. The monoisotopic (exact) mass is 362 g/mol. The van der Waals surface area contributed by atoms with Crippen LogP contribution in [-0.4, -0.2) is 37.1 Å². The van der Waals surface area contributed by atoms with E-state index < -0.39 is 10.2 Å². The van der Waals surface area contributed by atoms with Crippen LogP contribution < -0.4 is 4.74 Å². The fraction of sp³-hybridized carbons (Fsp3) is 0.375. The normalized spacial score (nSPS) is 15.3. The molecule has 25 heavy (non-hydrogen) atoms. The maximum absolute atomic E-state index is 11.0. The highest BCUT2D eigenvalue weighted by atomic mass is 32.2. The fourth-order valence-corrected chi connectivity index (χ4v) is 3.06. The molecule has 1 aliphatic heterocycles. The molecule has 1 aliphatic rings. The van der Waals surface area contributed by atoms with E-state index in [1.807, 2.05) is 24.3 Å². The molecule has 0 saturated carbocycles. The molecule has 0 radical (unpaired) electrons. The molecule has 0 amide bonds. The second-order valence-electron chi connectivity index (χ2n) is 5.59. The molecule has 0 saturated heterocycles. The summed E-state index contributed by atoms with van der Waals surface area (Å²) in [4.78, 5) is 4.17. The number of aryl methyl sites for hydroxylation is 1. The maximum Gasteiger partial charge on any atom is 0.363 e. The van der Waals surface area contributed by atoms with Gasteiger partial charge in [0.2, 0.25) is 11.7 Å². The molecular weight excluding hydrogens is 344 g/mol. The Morgan fingerprint density at radius 2 is 1.92 bits per heavy atom. The van der Waals surface area contributed by atoms with Gasteiger partial charge in [0.25, 0.3) is 0 Å². The van der Waals surface area contributed by atoms with Gasteiger partial charge in [0.1, 0.15) is 5.75 Å². The lowest BCUT2D eigenvalue weighted by atomic mass is 10.1. The van der Waals surface area contributed by atoms with Gasteiger partial charge in [0.05, 0.1) is 18.5 Å². The van der Waals surface area contributed by atoms with E-state index in [9.17, 15) is 8.42 Å². The van der Waals surface area contributed by atoms with E-state index in [1.165, 1.54) is 6.21 Å². The molecule has 0 atom stereocenters. The van der Waals surface area contributed by atoms with Crippen LogP contribution in [0.3, 0.4) is 0 Å². The first-order valence-electron chi connectivity index (χ1n) is 7.94. The molecule has 0 spiro atoms. The van der Waals surface area contributed by atoms with E-state index in [0.29, 0.717) is 30.5 Å². The van der Waals surface area contributed by atoms with Crippen molar-refractivity contribution in [2.45, 2.75) is 32.6 Å². The minimum Gasteiger partial charge on any atom is -0.494 e. The zero-order valence-electron chi connectivity index (χ0n) is 13.8. The zero-order chi connectivity index (χ0) is 17.7. The van der Waals surface area contributed by atoms with Gasteiger partial charge in [-0.15, -0.1) is 8.80 Å². The summed E-state index contributed by atoms with van der Waals surface area (Å²) in [6.07, 6.45) is 4.58. The summed E-state index contributed by atoms with van der Waals surface area (Å²) in [7, 11) is -3.58. The van der Waals surface area contributed by atoms with Crippen LogP contribution in [0.4, 0.5) is 0 Å². The van der Waals surface area contributed by atoms with Gasteiger partial charge in [0, 0.05) is 12.5 Å². The summed E-state index contributed by atoms with van der Waals surface area (Å²) in [6, 6.07) is 7.51. The lowest BCUT2D eigenvalue weighted by Crippen LogP contribution is -2.00. The molecule has 8 nitrogen and oxygen atoms in total. The fourth-order valence-electron chi connectivity index (χ4n) is 2.32. The average Bonchev–Trinajstić information content (AvgIpc) is 3.17. The number of aromatic nitrogens is 2. The molecule has 1 aromatic heterocycles.